The van der Waals surface area contributed by atoms with Gasteiger partial charge in [-0.25, -0.2) is 0 Å². The summed E-state index contributed by atoms with van der Waals surface area (Å²) >= 11 is 3.49. The number of hydrogen-bond acceptors (Lipinski definition) is 3. The van der Waals surface area contributed by atoms with Crippen molar-refractivity contribution < 1.29 is 9.15 Å². The van der Waals surface area contributed by atoms with E-state index in [2.05, 4.69) is 46.4 Å². The van der Waals surface area contributed by atoms with Crippen LogP contribution in [0.4, 0.5) is 0 Å². The summed E-state index contributed by atoms with van der Waals surface area (Å²) in [5.41, 5.74) is 3.44. The summed E-state index contributed by atoms with van der Waals surface area (Å²) in [7, 11) is 1.69. The minimum atomic E-state index is 0.674. The summed E-state index contributed by atoms with van der Waals surface area (Å²) in [5.74, 6) is 2.71. The van der Waals surface area contributed by atoms with Gasteiger partial charge in [0.05, 0.1) is 13.7 Å². The molecule has 0 bridgehead atoms. The van der Waals surface area contributed by atoms with E-state index in [1.165, 1.54) is 5.56 Å². The highest BCUT2D eigenvalue weighted by atomic mass is 79.9. The molecule has 1 heterocycles. The highest BCUT2D eigenvalue weighted by Gasteiger charge is 2.08. The predicted molar refractivity (Wildman–Crippen MR) is 100 cm³/mol. The van der Waals surface area contributed by atoms with Crippen LogP contribution in [0.25, 0.3) is 11.3 Å². The number of rotatable bonds is 6. The molecule has 124 valence electrons. The van der Waals surface area contributed by atoms with Crippen molar-refractivity contribution >= 4 is 15.9 Å². The van der Waals surface area contributed by atoms with Crippen LogP contribution in [-0.2, 0) is 13.1 Å². The molecule has 1 aromatic heterocycles. The van der Waals surface area contributed by atoms with Crippen molar-refractivity contribution in [1.29, 1.82) is 0 Å². The van der Waals surface area contributed by atoms with Crippen LogP contribution in [0.5, 0.6) is 5.75 Å². The van der Waals surface area contributed by atoms with Crippen LogP contribution in [0.1, 0.15) is 16.9 Å². The number of methoxy groups -OCH3 is 1. The number of para-hydroxylation sites is 1. The number of benzene rings is 2. The van der Waals surface area contributed by atoms with E-state index in [0.717, 1.165) is 39.4 Å². The van der Waals surface area contributed by atoms with Gasteiger partial charge in [-0.3, -0.25) is 0 Å². The van der Waals surface area contributed by atoms with Gasteiger partial charge >= 0.3 is 0 Å². The summed E-state index contributed by atoms with van der Waals surface area (Å²) in [4.78, 5) is 0. The molecule has 0 radical (unpaired) electrons. The lowest BCUT2D eigenvalue weighted by Crippen LogP contribution is -2.12. The van der Waals surface area contributed by atoms with Gasteiger partial charge in [0, 0.05) is 22.1 Å². The van der Waals surface area contributed by atoms with Crippen LogP contribution in [0.2, 0.25) is 0 Å². The fourth-order valence-corrected chi connectivity index (χ4v) is 3.17. The SMILES string of the molecule is COc1ccccc1CNCc1ccc(-c2ccc(Br)cc2C)o1. The van der Waals surface area contributed by atoms with E-state index in [1.807, 2.05) is 36.4 Å². The molecule has 0 saturated heterocycles. The molecule has 1 N–H and O–H groups in total. The van der Waals surface area contributed by atoms with Crippen molar-refractivity contribution in [3.63, 3.8) is 0 Å². The van der Waals surface area contributed by atoms with E-state index in [4.69, 9.17) is 9.15 Å². The van der Waals surface area contributed by atoms with Gasteiger partial charge in [-0.15, -0.1) is 0 Å². The van der Waals surface area contributed by atoms with Crippen LogP contribution in [0, 0.1) is 6.92 Å². The van der Waals surface area contributed by atoms with Gasteiger partial charge in [0.15, 0.2) is 0 Å². The maximum Gasteiger partial charge on any atom is 0.134 e. The van der Waals surface area contributed by atoms with Crippen LogP contribution < -0.4 is 10.1 Å². The van der Waals surface area contributed by atoms with E-state index in [9.17, 15) is 0 Å². The Hall–Kier alpha value is -2.04. The van der Waals surface area contributed by atoms with E-state index in [0.29, 0.717) is 6.54 Å². The molecule has 3 aromatic rings. The molecule has 3 rings (SSSR count). The third-order valence-electron chi connectivity index (χ3n) is 3.92. The molecule has 0 aliphatic rings. The molecule has 24 heavy (non-hydrogen) atoms. The van der Waals surface area contributed by atoms with Crippen molar-refractivity contribution in [3.8, 4) is 17.1 Å². The topological polar surface area (TPSA) is 34.4 Å². The lowest BCUT2D eigenvalue weighted by atomic mass is 10.1. The van der Waals surface area contributed by atoms with Crippen molar-refractivity contribution in [1.82, 2.24) is 5.32 Å². The Kier molecular flexibility index (Phi) is 5.38. The van der Waals surface area contributed by atoms with E-state index < -0.39 is 0 Å². The van der Waals surface area contributed by atoms with Crippen molar-refractivity contribution in [2.45, 2.75) is 20.0 Å². The number of nitrogens with one attached hydrogen (secondary N) is 1. The second kappa shape index (κ2) is 7.69. The number of hydrogen-bond donors (Lipinski definition) is 1. The van der Waals surface area contributed by atoms with E-state index >= 15 is 0 Å². The van der Waals surface area contributed by atoms with Crippen LogP contribution >= 0.6 is 15.9 Å². The minimum Gasteiger partial charge on any atom is -0.496 e. The monoisotopic (exact) mass is 385 g/mol. The molecule has 2 aromatic carbocycles. The molecule has 0 fully saturated rings. The zero-order valence-corrected chi connectivity index (χ0v) is 15.4. The van der Waals surface area contributed by atoms with Crippen LogP contribution in [0.15, 0.2) is 63.5 Å². The van der Waals surface area contributed by atoms with Gasteiger partial charge in [0.1, 0.15) is 17.3 Å². The molecule has 0 unspecified atom stereocenters. The quantitative estimate of drug-likeness (QED) is 0.623. The fourth-order valence-electron chi connectivity index (χ4n) is 2.69. The standard InChI is InChI=1S/C20H20BrNO2/c1-14-11-16(21)7-9-18(14)20-10-8-17(24-20)13-22-12-15-5-3-4-6-19(15)23-2/h3-11,22H,12-13H2,1-2H3. The third kappa shape index (κ3) is 3.89. The summed E-state index contributed by atoms with van der Waals surface area (Å²) in [6.07, 6.45) is 0. The first-order valence-electron chi connectivity index (χ1n) is 7.85. The summed E-state index contributed by atoms with van der Waals surface area (Å²) < 4.78 is 12.4. The van der Waals surface area contributed by atoms with E-state index in [1.54, 1.807) is 7.11 Å². The second-order valence-corrected chi connectivity index (χ2v) is 6.56. The smallest absolute Gasteiger partial charge is 0.134 e. The van der Waals surface area contributed by atoms with Crippen LogP contribution in [-0.4, -0.2) is 7.11 Å². The summed E-state index contributed by atoms with van der Waals surface area (Å²) in [5, 5.41) is 3.40. The molecule has 4 heteroatoms. The first-order valence-corrected chi connectivity index (χ1v) is 8.64. The Morgan fingerprint density at radius 3 is 2.67 bits per heavy atom. The number of aryl methyl sites for hydroxylation is 1. The Morgan fingerprint density at radius 2 is 1.88 bits per heavy atom. The minimum absolute atomic E-state index is 0.674. The maximum atomic E-state index is 5.98. The van der Waals surface area contributed by atoms with Gasteiger partial charge in [0.25, 0.3) is 0 Å². The lowest BCUT2D eigenvalue weighted by molar-refractivity contribution is 0.406. The van der Waals surface area contributed by atoms with E-state index in [-0.39, 0.29) is 0 Å². The average molecular weight is 386 g/mol. The van der Waals surface area contributed by atoms with Gasteiger partial charge in [-0.2, -0.15) is 0 Å². The van der Waals surface area contributed by atoms with Gasteiger partial charge < -0.3 is 14.5 Å². The number of halogens is 1. The molecule has 0 aliphatic carbocycles. The number of furan rings is 1. The molecule has 0 atom stereocenters. The van der Waals surface area contributed by atoms with Gasteiger partial charge in [-0.1, -0.05) is 34.1 Å². The molecule has 0 aliphatic heterocycles. The molecular weight excluding hydrogens is 366 g/mol. The average Bonchev–Trinajstić information content (AvgIpc) is 3.04. The Bertz CT molecular complexity index is 826. The molecular formula is C20H20BrNO2. The highest BCUT2D eigenvalue weighted by Crippen LogP contribution is 2.28. The maximum absolute atomic E-state index is 5.98. The largest absolute Gasteiger partial charge is 0.496 e. The number of ether oxygens (including phenoxy) is 1. The summed E-state index contributed by atoms with van der Waals surface area (Å²) in [6.45, 7) is 3.49. The highest BCUT2D eigenvalue weighted by molar-refractivity contribution is 9.10. The Morgan fingerprint density at radius 1 is 1.04 bits per heavy atom. The zero-order chi connectivity index (χ0) is 16.9. The van der Waals surface area contributed by atoms with Crippen LogP contribution in [0.3, 0.4) is 0 Å². The predicted octanol–water partition coefficient (Wildman–Crippen LogP) is 5.32. The first-order chi connectivity index (χ1) is 11.7. The normalized spacial score (nSPS) is 10.8. The fraction of sp³-hybridized carbons (Fsp3) is 0.200. The summed E-state index contributed by atoms with van der Waals surface area (Å²) in [6, 6.07) is 18.3. The van der Waals surface area contributed by atoms with Crippen molar-refractivity contribution in [2.75, 3.05) is 7.11 Å². The van der Waals surface area contributed by atoms with Gasteiger partial charge in [0.2, 0.25) is 0 Å². The molecule has 0 saturated carbocycles. The lowest BCUT2D eigenvalue weighted by Gasteiger charge is -2.08. The Balaban J connectivity index is 1.64. The molecule has 0 amide bonds. The third-order valence-corrected chi connectivity index (χ3v) is 4.42. The van der Waals surface area contributed by atoms with Gasteiger partial charge in [-0.05, 0) is 48.9 Å². The second-order valence-electron chi connectivity index (χ2n) is 5.64. The van der Waals surface area contributed by atoms with Crippen molar-refractivity contribution in [3.05, 3.63) is 76.0 Å². The first kappa shape index (κ1) is 16.8. The molecule has 3 nitrogen and oxygen atoms in total. The Labute approximate surface area is 150 Å². The van der Waals surface area contributed by atoms with Crippen molar-refractivity contribution in [2.24, 2.45) is 0 Å². The molecule has 0 spiro atoms. The zero-order valence-electron chi connectivity index (χ0n) is 13.8.